The highest BCUT2D eigenvalue weighted by molar-refractivity contribution is 7.79. The van der Waals surface area contributed by atoms with Crippen molar-refractivity contribution < 1.29 is 56.0 Å². The first-order valence-corrected chi connectivity index (χ1v) is 18.8. The number of carbonyl (C=O) groups excluding carboxylic acids is 5. The normalized spacial score (nSPS) is 15.1. The van der Waals surface area contributed by atoms with Crippen molar-refractivity contribution in [1.82, 2.24) is 20.5 Å². The molecule has 0 radical (unpaired) electrons. The van der Waals surface area contributed by atoms with Crippen molar-refractivity contribution in [1.29, 1.82) is 0 Å². The van der Waals surface area contributed by atoms with Gasteiger partial charge >= 0.3 is 18.0 Å². The Morgan fingerprint density at radius 1 is 1.04 bits per heavy atom. The third kappa shape index (κ3) is 17.1. The molecule has 53 heavy (non-hydrogen) atoms. The summed E-state index contributed by atoms with van der Waals surface area (Å²) in [5.41, 5.74) is 11.4. The van der Waals surface area contributed by atoms with Gasteiger partial charge in [0.2, 0.25) is 28.6 Å². The second kappa shape index (κ2) is 21.1. The number of nitrogens with two attached hydrogens (primary N) is 2. The number of hydrogen-bond acceptors (Lipinski definition) is 10. The number of benzene rings is 1. The lowest BCUT2D eigenvalue weighted by Gasteiger charge is -2.29. The van der Waals surface area contributed by atoms with Crippen molar-refractivity contribution >= 4 is 57.5 Å². The number of esters is 1. The monoisotopic (exact) mass is 767 g/mol. The Labute approximate surface area is 309 Å². The average Bonchev–Trinajstić information content (AvgIpc) is 3.41. The van der Waals surface area contributed by atoms with E-state index in [0.717, 1.165) is 37.5 Å². The van der Waals surface area contributed by atoms with Gasteiger partial charge in [0, 0.05) is 18.0 Å². The van der Waals surface area contributed by atoms with E-state index in [2.05, 4.69) is 20.9 Å². The fraction of sp³-hybridized carbons (Fsp3) is 0.588. The molecule has 1 aromatic carbocycles. The summed E-state index contributed by atoms with van der Waals surface area (Å²) >= 11 is 0. The molecule has 1 aliphatic rings. The molecule has 18 nitrogen and oxygen atoms in total. The smallest absolute Gasteiger partial charge is 0.408 e. The van der Waals surface area contributed by atoms with Crippen LogP contribution in [0, 0.1) is 5.92 Å². The van der Waals surface area contributed by atoms with E-state index in [9.17, 15) is 24.0 Å². The first-order chi connectivity index (χ1) is 24.8. The molecule has 0 unspecified atom stereocenters. The summed E-state index contributed by atoms with van der Waals surface area (Å²) in [4.78, 5) is 68.4. The first-order valence-electron chi connectivity index (χ1n) is 17.4. The zero-order chi connectivity index (χ0) is 39.8. The van der Waals surface area contributed by atoms with Crippen LogP contribution in [0.4, 0.5) is 4.79 Å². The molecule has 0 spiro atoms. The maximum atomic E-state index is 14.0. The maximum Gasteiger partial charge on any atom is 0.408 e. The van der Waals surface area contributed by atoms with Gasteiger partial charge in [-0.25, -0.2) is 18.0 Å². The molecule has 3 amide bonds. The lowest BCUT2D eigenvalue weighted by atomic mass is 9.84. The summed E-state index contributed by atoms with van der Waals surface area (Å²) in [5.74, 6) is -1.57. The van der Waals surface area contributed by atoms with Gasteiger partial charge in [-0.2, -0.15) is 0 Å². The molecule has 1 fully saturated rings. The number of rotatable bonds is 16. The minimum atomic E-state index is -4.92. The quantitative estimate of drug-likeness (QED) is 0.0221. The highest BCUT2D eigenvalue weighted by Crippen LogP contribution is 2.28. The standard InChI is InChI=1S/C34H51N7O7.H2O4S/c1-5-47-31(45)25(15-11-17-37-32(35)36)38-30(44)27(19-23-20-41(21-42)28-16-10-9-14-24(23)28)39-29(43)26(18-22-12-7-6-8-13-22)40-33(46)48-34(2,3)4;1-5(2,3)4/h9-10,14,16,20-22,25-27H,5-8,11-13,15,17-19H2,1-4H3,(H,38,44)(H,39,43)(H,40,46)(H4,35,36,37);(H2,1,2,3,4)/t25-,26+,27-;/m0./s1. The molecule has 1 aliphatic carbocycles. The van der Waals surface area contributed by atoms with Gasteiger partial charge in [-0.3, -0.25) is 40.0 Å². The summed E-state index contributed by atoms with van der Waals surface area (Å²) in [6.45, 7) is 7.34. The number of aromatic nitrogens is 1. The molecular formula is C34H53N7O11S. The zero-order valence-corrected chi connectivity index (χ0v) is 31.4. The second-order valence-electron chi connectivity index (χ2n) is 13.7. The first kappa shape index (κ1) is 44.4. The van der Waals surface area contributed by atoms with Crippen molar-refractivity contribution in [3.63, 3.8) is 0 Å². The van der Waals surface area contributed by atoms with Gasteiger partial charge in [-0.15, -0.1) is 0 Å². The van der Waals surface area contributed by atoms with E-state index in [1.807, 2.05) is 12.1 Å². The van der Waals surface area contributed by atoms with Crippen LogP contribution in [0.1, 0.15) is 84.6 Å². The lowest BCUT2D eigenvalue weighted by molar-refractivity contribution is -0.459. The van der Waals surface area contributed by atoms with Gasteiger partial charge in [-0.1, -0.05) is 50.3 Å². The Balaban J connectivity index is 0.00000181. The van der Waals surface area contributed by atoms with Gasteiger partial charge in [0.15, 0.2) is 0 Å². The number of carbonyl (C=O) groups is 5. The molecule has 19 heteroatoms. The summed E-state index contributed by atoms with van der Waals surface area (Å²) in [7, 11) is -4.92. The van der Waals surface area contributed by atoms with Crippen LogP contribution >= 0.6 is 0 Å². The third-order valence-corrected chi connectivity index (χ3v) is 8.18. The van der Waals surface area contributed by atoms with E-state index in [1.165, 1.54) is 4.57 Å². The second-order valence-corrected chi connectivity index (χ2v) is 14.5. The fourth-order valence-corrected chi connectivity index (χ4v) is 5.97. The minimum Gasteiger partial charge on any atom is -0.726 e. The number of hydrogen-bond donors (Lipinski definition) is 7. The molecule has 3 atom stereocenters. The van der Waals surface area contributed by atoms with Gasteiger partial charge in [0.25, 0.3) is 0 Å². The molecular weight excluding hydrogens is 714 g/mol. The van der Waals surface area contributed by atoms with Gasteiger partial charge in [0.05, 0.1) is 18.7 Å². The summed E-state index contributed by atoms with van der Waals surface area (Å²) in [6, 6.07) is 4.04. The number of fused-ring (bicyclic) bond motifs is 1. The van der Waals surface area contributed by atoms with Crippen molar-refractivity contribution in [2.45, 2.75) is 109 Å². The molecule has 0 bridgehead atoms. The Morgan fingerprint density at radius 2 is 1.64 bits per heavy atom. The van der Waals surface area contributed by atoms with E-state index in [4.69, 9.17) is 38.5 Å². The number of nitrogens with one attached hydrogen (secondary N) is 4. The van der Waals surface area contributed by atoms with Crippen LogP contribution in [0.2, 0.25) is 0 Å². The predicted molar refractivity (Wildman–Crippen MR) is 193 cm³/mol. The zero-order valence-electron chi connectivity index (χ0n) is 30.6. The Bertz CT molecular complexity index is 1670. The van der Waals surface area contributed by atoms with E-state index >= 15 is 0 Å². The molecule has 1 aromatic heterocycles. The number of para-hydroxylation sites is 1. The summed E-state index contributed by atoms with van der Waals surface area (Å²) in [5, 5.41) is 9.08. The highest BCUT2D eigenvalue weighted by atomic mass is 32.3. The molecule has 3 rings (SSSR count). The van der Waals surface area contributed by atoms with Crippen molar-refractivity contribution in [3.8, 4) is 0 Å². The van der Waals surface area contributed by atoms with E-state index < -0.39 is 58.0 Å². The van der Waals surface area contributed by atoms with Crippen LogP contribution in [0.3, 0.4) is 0 Å². The van der Waals surface area contributed by atoms with Crippen molar-refractivity contribution in [2.75, 3.05) is 13.2 Å². The number of guanidine groups is 1. The third-order valence-electron chi connectivity index (χ3n) is 8.18. The molecule has 0 aliphatic heterocycles. The largest absolute Gasteiger partial charge is 0.726 e. The number of nitrogens with zero attached hydrogens (tertiary/aromatic N) is 1. The highest BCUT2D eigenvalue weighted by Gasteiger charge is 2.33. The fourth-order valence-electron chi connectivity index (χ4n) is 5.97. The van der Waals surface area contributed by atoms with Crippen LogP contribution in [0.25, 0.3) is 10.9 Å². The predicted octanol–water partition coefficient (Wildman–Crippen LogP) is -0.243. The Hall–Kier alpha value is -4.75. The Kier molecular flexibility index (Phi) is 17.7. The average molecular weight is 768 g/mol. The number of amides is 3. The molecule has 1 heterocycles. The molecule has 9 N–H and O–H groups in total. The van der Waals surface area contributed by atoms with Gasteiger partial charge in [-0.05, 0) is 64.5 Å². The van der Waals surface area contributed by atoms with Crippen LogP contribution in [0.15, 0.2) is 30.5 Å². The van der Waals surface area contributed by atoms with E-state index in [-0.39, 0.29) is 31.3 Å². The van der Waals surface area contributed by atoms with Crippen molar-refractivity contribution in [2.24, 2.45) is 17.4 Å². The lowest BCUT2D eigenvalue weighted by Crippen LogP contribution is -2.78. The molecule has 2 aromatic rings. The van der Waals surface area contributed by atoms with Crippen LogP contribution in [0.5, 0.6) is 0 Å². The minimum absolute atomic E-state index is 0.00270. The SMILES string of the molecule is CCOC(=O)[C@H](CCC[NH+]=C(N)N)NC(=O)[C@H](Cc1cn(C=O)c2ccccc12)NC(=O)[C@@H](CC1CCCCC1)NC(=O)OC(C)(C)C.O=S(=O)([O-])O. The number of ether oxygens (including phenoxy) is 2. The van der Waals surface area contributed by atoms with Crippen molar-refractivity contribution in [3.05, 3.63) is 36.0 Å². The van der Waals surface area contributed by atoms with E-state index in [1.54, 1.807) is 46.0 Å². The topological polar surface area (TPSA) is 288 Å². The molecule has 296 valence electrons. The summed E-state index contributed by atoms with van der Waals surface area (Å²) in [6.07, 6.45) is 7.62. The molecule has 1 saturated carbocycles. The summed E-state index contributed by atoms with van der Waals surface area (Å²) < 4.78 is 44.9. The Morgan fingerprint density at radius 3 is 2.23 bits per heavy atom. The van der Waals surface area contributed by atoms with Crippen LogP contribution in [-0.4, -0.2) is 95.2 Å². The number of alkyl carbamates (subject to hydrolysis) is 1. The van der Waals surface area contributed by atoms with Gasteiger partial charge < -0.3 is 30.0 Å². The van der Waals surface area contributed by atoms with Crippen LogP contribution < -0.4 is 32.4 Å². The maximum absolute atomic E-state index is 14.0. The van der Waals surface area contributed by atoms with E-state index in [0.29, 0.717) is 36.9 Å². The van der Waals surface area contributed by atoms with Crippen LogP contribution in [-0.2, 0) is 45.5 Å². The van der Waals surface area contributed by atoms with Gasteiger partial charge in [0.1, 0.15) is 23.7 Å². The molecule has 0 saturated heterocycles.